The van der Waals surface area contributed by atoms with Gasteiger partial charge in [-0.05, 0) is 29.8 Å². The van der Waals surface area contributed by atoms with Crippen LogP contribution in [0.1, 0.15) is 29.3 Å². The van der Waals surface area contributed by atoms with Crippen molar-refractivity contribution in [3.05, 3.63) is 65.7 Å². The molecule has 0 heterocycles. The summed E-state index contributed by atoms with van der Waals surface area (Å²) in [4.78, 5) is 12.0. The summed E-state index contributed by atoms with van der Waals surface area (Å²) in [5.41, 5.74) is 1.71. The number of ketones is 1. The SMILES string of the molecule is CC(CC#N)C(=O)c1ccc(OCc2ccccc2)cc1. The summed E-state index contributed by atoms with van der Waals surface area (Å²) in [7, 11) is 0. The van der Waals surface area contributed by atoms with Gasteiger partial charge >= 0.3 is 0 Å². The molecule has 0 fully saturated rings. The molecule has 0 N–H and O–H groups in total. The highest BCUT2D eigenvalue weighted by Gasteiger charge is 2.14. The van der Waals surface area contributed by atoms with Gasteiger partial charge in [0, 0.05) is 17.9 Å². The fourth-order valence-corrected chi connectivity index (χ4v) is 1.97. The second kappa shape index (κ2) is 7.25. The first-order valence-corrected chi connectivity index (χ1v) is 6.88. The van der Waals surface area contributed by atoms with E-state index < -0.39 is 0 Å². The minimum absolute atomic E-state index is 0.00819. The maximum Gasteiger partial charge on any atom is 0.166 e. The Hall–Kier alpha value is -2.60. The smallest absolute Gasteiger partial charge is 0.166 e. The first-order chi connectivity index (χ1) is 10.2. The van der Waals surface area contributed by atoms with Crippen LogP contribution in [0.15, 0.2) is 54.6 Å². The Morgan fingerprint density at radius 3 is 2.43 bits per heavy atom. The molecule has 0 amide bonds. The molecule has 2 rings (SSSR count). The molecule has 2 aromatic rings. The summed E-state index contributed by atoms with van der Waals surface area (Å²) in [5.74, 6) is 0.445. The molecule has 2 aromatic carbocycles. The van der Waals surface area contributed by atoms with E-state index in [1.165, 1.54) is 0 Å². The van der Waals surface area contributed by atoms with Crippen molar-refractivity contribution >= 4 is 5.78 Å². The van der Waals surface area contributed by atoms with Gasteiger partial charge in [-0.25, -0.2) is 0 Å². The lowest BCUT2D eigenvalue weighted by Gasteiger charge is -2.09. The molecule has 21 heavy (non-hydrogen) atoms. The largest absolute Gasteiger partial charge is 0.489 e. The van der Waals surface area contributed by atoms with Crippen molar-refractivity contribution in [2.75, 3.05) is 0 Å². The van der Waals surface area contributed by atoms with Crippen LogP contribution in [0.5, 0.6) is 5.75 Å². The summed E-state index contributed by atoms with van der Waals surface area (Å²) in [5, 5.41) is 8.63. The maximum atomic E-state index is 12.0. The van der Waals surface area contributed by atoms with Crippen molar-refractivity contribution in [1.82, 2.24) is 0 Å². The van der Waals surface area contributed by atoms with Gasteiger partial charge in [-0.2, -0.15) is 5.26 Å². The Labute approximate surface area is 124 Å². The van der Waals surface area contributed by atoms with Gasteiger partial charge in [-0.3, -0.25) is 4.79 Å². The van der Waals surface area contributed by atoms with E-state index in [1.54, 1.807) is 31.2 Å². The zero-order chi connectivity index (χ0) is 15.1. The molecular formula is C18H17NO2. The van der Waals surface area contributed by atoms with E-state index >= 15 is 0 Å². The van der Waals surface area contributed by atoms with E-state index in [4.69, 9.17) is 10.00 Å². The van der Waals surface area contributed by atoms with E-state index in [0.29, 0.717) is 12.2 Å². The van der Waals surface area contributed by atoms with E-state index in [1.807, 2.05) is 36.4 Å². The molecule has 3 heteroatoms. The third-order valence-electron chi connectivity index (χ3n) is 3.23. The summed E-state index contributed by atoms with van der Waals surface area (Å²) in [6.07, 6.45) is 0.241. The van der Waals surface area contributed by atoms with Gasteiger partial charge in [0.15, 0.2) is 5.78 Å². The van der Waals surface area contributed by atoms with Crippen LogP contribution in [0.4, 0.5) is 0 Å². The zero-order valence-electron chi connectivity index (χ0n) is 12.0. The summed E-state index contributed by atoms with van der Waals surface area (Å²) in [6.45, 7) is 2.27. The fraction of sp³-hybridized carbons (Fsp3) is 0.222. The van der Waals surface area contributed by atoms with Crippen molar-refractivity contribution in [2.24, 2.45) is 5.92 Å². The minimum Gasteiger partial charge on any atom is -0.489 e. The van der Waals surface area contributed by atoms with Crippen molar-refractivity contribution in [1.29, 1.82) is 5.26 Å². The normalized spacial score (nSPS) is 11.4. The number of benzene rings is 2. The van der Waals surface area contributed by atoms with Crippen LogP contribution >= 0.6 is 0 Å². The van der Waals surface area contributed by atoms with Crippen LogP contribution in [-0.4, -0.2) is 5.78 Å². The third-order valence-corrected chi connectivity index (χ3v) is 3.23. The van der Waals surface area contributed by atoms with Gasteiger partial charge in [0.2, 0.25) is 0 Å². The molecule has 0 aliphatic heterocycles. The van der Waals surface area contributed by atoms with Crippen LogP contribution in [0.3, 0.4) is 0 Å². The Morgan fingerprint density at radius 2 is 1.81 bits per heavy atom. The lowest BCUT2D eigenvalue weighted by atomic mass is 9.97. The third kappa shape index (κ3) is 4.19. The van der Waals surface area contributed by atoms with Crippen molar-refractivity contribution in [3.8, 4) is 11.8 Å². The van der Waals surface area contributed by atoms with E-state index in [-0.39, 0.29) is 18.1 Å². The van der Waals surface area contributed by atoms with Gasteiger partial charge in [-0.1, -0.05) is 37.3 Å². The molecule has 3 nitrogen and oxygen atoms in total. The summed E-state index contributed by atoms with van der Waals surface area (Å²) in [6, 6.07) is 19.0. The molecule has 0 radical (unpaired) electrons. The molecule has 0 spiro atoms. The van der Waals surface area contributed by atoms with Crippen LogP contribution in [0.25, 0.3) is 0 Å². The molecular weight excluding hydrogens is 262 g/mol. The Morgan fingerprint density at radius 1 is 1.14 bits per heavy atom. The van der Waals surface area contributed by atoms with E-state index in [0.717, 1.165) is 11.3 Å². The lowest BCUT2D eigenvalue weighted by Crippen LogP contribution is -2.10. The van der Waals surface area contributed by atoms with Crippen molar-refractivity contribution < 1.29 is 9.53 Å². The Kier molecular flexibility index (Phi) is 5.11. The van der Waals surface area contributed by atoms with E-state index in [2.05, 4.69) is 0 Å². The van der Waals surface area contributed by atoms with Gasteiger partial charge in [-0.15, -0.1) is 0 Å². The van der Waals surface area contributed by atoms with Gasteiger partial charge < -0.3 is 4.74 Å². The zero-order valence-corrected chi connectivity index (χ0v) is 12.0. The number of Topliss-reactive ketones (excluding diaryl/α,β-unsaturated/α-hetero) is 1. The number of hydrogen-bond acceptors (Lipinski definition) is 3. The van der Waals surface area contributed by atoms with Crippen LogP contribution in [0, 0.1) is 17.2 Å². The number of ether oxygens (including phenoxy) is 1. The number of hydrogen-bond donors (Lipinski definition) is 0. The van der Waals surface area contributed by atoms with Crippen LogP contribution < -0.4 is 4.74 Å². The standard InChI is InChI=1S/C18H17NO2/c1-14(11-12-19)18(20)16-7-9-17(10-8-16)21-13-15-5-3-2-4-6-15/h2-10,14H,11,13H2,1H3. The quantitative estimate of drug-likeness (QED) is 0.751. The average molecular weight is 279 g/mol. The molecule has 0 aliphatic rings. The number of nitriles is 1. The number of nitrogens with zero attached hydrogens (tertiary/aromatic N) is 1. The van der Waals surface area contributed by atoms with Gasteiger partial charge in [0.05, 0.1) is 6.07 Å². The second-order valence-electron chi connectivity index (χ2n) is 4.93. The molecule has 0 bridgehead atoms. The van der Waals surface area contributed by atoms with E-state index in [9.17, 15) is 4.79 Å². The fourth-order valence-electron chi connectivity index (χ4n) is 1.97. The highest BCUT2D eigenvalue weighted by atomic mass is 16.5. The monoisotopic (exact) mass is 279 g/mol. The highest BCUT2D eigenvalue weighted by Crippen LogP contribution is 2.17. The van der Waals surface area contributed by atoms with Gasteiger partial charge in [0.1, 0.15) is 12.4 Å². The first kappa shape index (κ1) is 14.8. The predicted octanol–water partition coefficient (Wildman–Crippen LogP) is 4.00. The second-order valence-corrected chi connectivity index (χ2v) is 4.93. The molecule has 1 atom stereocenters. The highest BCUT2D eigenvalue weighted by molar-refractivity contribution is 5.97. The number of carbonyl (C=O) groups excluding carboxylic acids is 1. The number of rotatable bonds is 6. The van der Waals surface area contributed by atoms with Gasteiger partial charge in [0.25, 0.3) is 0 Å². The molecule has 106 valence electrons. The minimum atomic E-state index is -0.272. The van der Waals surface area contributed by atoms with Crippen molar-refractivity contribution in [2.45, 2.75) is 20.0 Å². The Bertz CT molecular complexity index is 627. The molecule has 0 saturated carbocycles. The van der Waals surface area contributed by atoms with Crippen LogP contribution in [-0.2, 0) is 6.61 Å². The lowest BCUT2D eigenvalue weighted by molar-refractivity contribution is 0.0932. The average Bonchev–Trinajstić information content (AvgIpc) is 2.54. The molecule has 0 aliphatic carbocycles. The molecule has 0 saturated heterocycles. The summed E-state index contributed by atoms with van der Waals surface area (Å²) >= 11 is 0. The molecule has 1 unspecified atom stereocenters. The van der Waals surface area contributed by atoms with Crippen molar-refractivity contribution in [3.63, 3.8) is 0 Å². The topological polar surface area (TPSA) is 50.1 Å². The Balaban J connectivity index is 1.96. The number of carbonyl (C=O) groups is 1. The first-order valence-electron chi connectivity index (χ1n) is 6.88. The van der Waals surface area contributed by atoms with Crippen LogP contribution in [0.2, 0.25) is 0 Å². The maximum absolute atomic E-state index is 12.0. The summed E-state index contributed by atoms with van der Waals surface area (Å²) < 4.78 is 5.67. The molecule has 0 aromatic heterocycles. The predicted molar refractivity (Wildman–Crippen MR) is 80.9 cm³/mol.